The van der Waals surface area contributed by atoms with Gasteiger partial charge in [-0.3, -0.25) is 9.13 Å². The number of nitrogens with zero attached hydrogens (tertiary/aromatic N) is 5. The van der Waals surface area contributed by atoms with E-state index in [0.717, 1.165) is 53.6 Å². The number of rotatable bonds is 11. The van der Waals surface area contributed by atoms with Gasteiger partial charge in [0.1, 0.15) is 17.2 Å². The predicted molar refractivity (Wildman–Crippen MR) is 151 cm³/mol. The van der Waals surface area contributed by atoms with Crippen LogP contribution in [0.15, 0.2) is 77.7 Å². The second kappa shape index (κ2) is 11.8. The summed E-state index contributed by atoms with van der Waals surface area (Å²) in [6, 6.07) is 21.7. The summed E-state index contributed by atoms with van der Waals surface area (Å²) in [6.07, 6.45) is 5.87. The molecule has 5 aromatic rings. The Kier molecular flexibility index (Phi) is 7.86. The molecular weight excluding hydrogens is 492 g/mol. The number of aromatic nitrogens is 6. The molecule has 9 nitrogen and oxygen atoms in total. The van der Waals surface area contributed by atoms with Gasteiger partial charge in [0.05, 0.1) is 20.8 Å². The summed E-state index contributed by atoms with van der Waals surface area (Å²) in [6.45, 7) is 2.57. The van der Waals surface area contributed by atoms with Gasteiger partial charge in [-0.2, -0.15) is 5.21 Å². The summed E-state index contributed by atoms with van der Waals surface area (Å²) in [5.41, 5.74) is 5.24. The zero-order valence-corrected chi connectivity index (χ0v) is 22.4. The van der Waals surface area contributed by atoms with Gasteiger partial charge in [0.25, 0.3) is 0 Å². The highest BCUT2D eigenvalue weighted by atomic mass is 16.5. The lowest BCUT2D eigenvalue weighted by atomic mass is 9.97. The lowest BCUT2D eigenvalue weighted by Crippen LogP contribution is -2.25. The molecule has 1 N–H and O–H groups in total. The van der Waals surface area contributed by atoms with Crippen LogP contribution in [-0.4, -0.2) is 44.0 Å². The van der Waals surface area contributed by atoms with Gasteiger partial charge in [0, 0.05) is 17.5 Å². The van der Waals surface area contributed by atoms with E-state index < -0.39 is 0 Å². The Labute approximate surface area is 227 Å². The molecule has 0 atom stereocenters. The fraction of sp³-hybridized carbons (Fsp3) is 0.267. The van der Waals surface area contributed by atoms with Crippen LogP contribution in [-0.2, 0) is 13.0 Å². The van der Waals surface area contributed by atoms with Crippen LogP contribution in [0.1, 0.15) is 37.4 Å². The van der Waals surface area contributed by atoms with Gasteiger partial charge in [-0.05, 0) is 52.9 Å². The molecule has 0 radical (unpaired) electrons. The summed E-state index contributed by atoms with van der Waals surface area (Å²) >= 11 is 0. The van der Waals surface area contributed by atoms with Crippen LogP contribution in [0.25, 0.3) is 28.2 Å². The van der Waals surface area contributed by atoms with Crippen molar-refractivity contribution in [3.05, 3.63) is 94.7 Å². The Morgan fingerprint density at radius 1 is 0.897 bits per heavy atom. The lowest BCUT2D eigenvalue weighted by Gasteiger charge is -2.13. The minimum absolute atomic E-state index is 0.155. The molecule has 39 heavy (non-hydrogen) atoms. The van der Waals surface area contributed by atoms with Crippen molar-refractivity contribution in [1.29, 1.82) is 0 Å². The Morgan fingerprint density at radius 3 is 2.33 bits per heavy atom. The SMILES string of the molecule is CCCCCc1cn(-c2c(OC)cccc2OC)c(=O)n1Cc1ccc(-c2ccccc2)c(-c2nn[nH]n2)c1. The number of aryl methyl sites for hydroxylation is 1. The molecule has 3 aromatic carbocycles. The first-order valence-corrected chi connectivity index (χ1v) is 13.1. The van der Waals surface area contributed by atoms with Crippen LogP contribution >= 0.6 is 0 Å². The molecular formula is C30H32N6O3. The molecule has 0 unspecified atom stereocenters. The number of tetrazole rings is 1. The molecule has 9 heteroatoms. The molecule has 2 aromatic heterocycles. The van der Waals surface area contributed by atoms with Crippen molar-refractivity contribution in [2.75, 3.05) is 14.2 Å². The Hall–Kier alpha value is -4.66. The number of ether oxygens (including phenoxy) is 2. The number of para-hydroxylation sites is 1. The molecule has 0 aliphatic rings. The first-order valence-electron chi connectivity index (χ1n) is 13.1. The highest BCUT2D eigenvalue weighted by Gasteiger charge is 2.20. The number of benzene rings is 3. The molecule has 2 heterocycles. The standard InChI is InChI=1S/C30H32N6O3/c1-4-5-7-13-23-20-36(28-26(38-2)14-10-15-27(28)39-3)30(37)35(23)19-21-16-17-24(22-11-8-6-9-12-22)25(18-21)29-31-33-34-32-29/h6,8-12,14-18,20H,4-5,7,13,19H2,1-3H3,(H,31,32,33,34). The normalized spacial score (nSPS) is 11.1. The third-order valence-corrected chi connectivity index (χ3v) is 6.84. The molecule has 0 bridgehead atoms. The molecule has 0 aliphatic carbocycles. The zero-order valence-electron chi connectivity index (χ0n) is 22.4. The van der Waals surface area contributed by atoms with Gasteiger partial charge < -0.3 is 9.47 Å². The second-order valence-corrected chi connectivity index (χ2v) is 9.31. The average Bonchev–Trinajstić information content (AvgIpc) is 3.62. The molecule has 0 saturated carbocycles. The Balaban J connectivity index is 1.61. The van der Waals surface area contributed by atoms with Gasteiger partial charge in [-0.1, -0.05) is 68.3 Å². The van der Waals surface area contributed by atoms with Crippen LogP contribution in [0, 0.1) is 0 Å². The van der Waals surface area contributed by atoms with E-state index in [1.54, 1.807) is 18.8 Å². The summed E-state index contributed by atoms with van der Waals surface area (Å²) in [7, 11) is 3.19. The van der Waals surface area contributed by atoms with Crippen LogP contribution in [0.5, 0.6) is 11.5 Å². The Morgan fingerprint density at radius 2 is 1.67 bits per heavy atom. The molecule has 5 rings (SSSR count). The van der Waals surface area contributed by atoms with E-state index in [-0.39, 0.29) is 5.69 Å². The molecule has 200 valence electrons. The van der Waals surface area contributed by atoms with Crippen LogP contribution in [0.4, 0.5) is 0 Å². The van der Waals surface area contributed by atoms with Crippen molar-refractivity contribution in [2.45, 2.75) is 39.2 Å². The third kappa shape index (κ3) is 5.34. The highest BCUT2D eigenvalue weighted by molar-refractivity contribution is 5.80. The van der Waals surface area contributed by atoms with Gasteiger partial charge in [-0.25, -0.2) is 4.79 Å². The van der Waals surface area contributed by atoms with E-state index in [9.17, 15) is 4.79 Å². The molecule has 0 spiro atoms. The van der Waals surface area contributed by atoms with Crippen molar-refractivity contribution in [2.24, 2.45) is 0 Å². The average molecular weight is 525 g/mol. The van der Waals surface area contributed by atoms with E-state index in [1.165, 1.54) is 0 Å². The maximum absolute atomic E-state index is 13.9. The van der Waals surface area contributed by atoms with Crippen molar-refractivity contribution >= 4 is 0 Å². The number of aromatic amines is 1. The fourth-order valence-electron chi connectivity index (χ4n) is 4.88. The highest BCUT2D eigenvalue weighted by Crippen LogP contribution is 2.33. The van der Waals surface area contributed by atoms with Crippen molar-refractivity contribution < 1.29 is 9.47 Å². The summed E-state index contributed by atoms with van der Waals surface area (Å²) in [5.74, 6) is 1.64. The quantitative estimate of drug-likeness (QED) is 0.236. The van der Waals surface area contributed by atoms with Crippen molar-refractivity contribution in [3.8, 4) is 39.7 Å². The van der Waals surface area contributed by atoms with E-state index in [4.69, 9.17) is 9.47 Å². The van der Waals surface area contributed by atoms with Gasteiger partial charge >= 0.3 is 5.69 Å². The monoisotopic (exact) mass is 524 g/mol. The topological polar surface area (TPSA) is 99.9 Å². The Bertz CT molecular complexity index is 1570. The minimum Gasteiger partial charge on any atom is -0.494 e. The van der Waals surface area contributed by atoms with Gasteiger partial charge in [-0.15, -0.1) is 10.2 Å². The smallest absolute Gasteiger partial charge is 0.333 e. The molecule has 0 amide bonds. The number of nitrogens with one attached hydrogen (secondary N) is 1. The maximum Gasteiger partial charge on any atom is 0.333 e. The number of H-pyrrole nitrogens is 1. The van der Waals surface area contributed by atoms with E-state index in [1.807, 2.05) is 53.2 Å². The van der Waals surface area contributed by atoms with E-state index in [2.05, 4.69) is 51.8 Å². The first-order chi connectivity index (χ1) is 19.1. The van der Waals surface area contributed by atoms with E-state index in [0.29, 0.717) is 29.6 Å². The van der Waals surface area contributed by atoms with Crippen molar-refractivity contribution in [3.63, 3.8) is 0 Å². The van der Waals surface area contributed by atoms with Crippen molar-refractivity contribution in [1.82, 2.24) is 29.8 Å². The largest absolute Gasteiger partial charge is 0.494 e. The number of hydrogen-bond donors (Lipinski definition) is 1. The van der Waals surface area contributed by atoms with Crippen LogP contribution in [0.2, 0.25) is 0 Å². The number of unbranched alkanes of at least 4 members (excludes halogenated alkanes) is 2. The molecule has 0 fully saturated rings. The molecule has 0 aliphatic heterocycles. The third-order valence-electron chi connectivity index (χ3n) is 6.84. The summed E-state index contributed by atoms with van der Waals surface area (Å²) in [5, 5.41) is 14.8. The number of methoxy groups -OCH3 is 2. The van der Waals surface area contributed by atoms with Crippen LogP contribution < -0.4 is 15.2 Å². The number of imidazole rings is 1. The first kappa shape index (κ1) is 26.0. The zero-order chi connectivity index (χ0) is 27.2. The maximum atomic E-state index is 13.9. The minimum atomic E-state index is -0.155. The van der Waals surface area contributed by atoms with Gasteiger partial charge in [0.15, 0.2) is 0 Å². The lowest BCUT2D eigenvalue weighted by molar-refractivity contribution is 0.390. The van der Waals surface area contributed by atoms with Crippen LogP contribution in [0.3, 0.4) is 0 Å². The number of hydrogen-bond acceptors (Lipinski definition) is 6. The fourth-order valence-corrected chi connectivity index (χ4v) is 4.88. The second-order valence-electron chi connectivity index (χ2n) is 9.31. The predicted octanol–water partition coefficient (Wildman–Crippen LogP) is 5.28. The summed E-state index contributed by atoms with van der Waals surface area (Å²) < 4.78 is 14.7. The summed E-state index contributed by atoms with van der Waals surface area (Å²) in [4.78, 5) is 13.9. The van der Waals surface area contributed by atoms with Gasteiger partial charge in [0.2, 0.25) is 5.82 Å². The van der Waals surface area contributed by atoms with E-state index >= 15 is 0 Å². The molecule has 0 saturated heterocycles.